The molecule has 142 valence electrons. The Morgan fingerprint density at radius 3 is 2.62 bits per heavy atom. The van der Waals surface area contributed by atoms with Crippen molar-refractivity contribution in [1.29, 1.82) is 0 Å². The van der Waals surface area contributed by atoms with Crippen molar-refractivity contribution in [2.45, 2.75) is 45.0 Å². The van der Waals surface area contributed by atoms with Crippen molar-refractivity contribution in [3.63, 3.8) is 0 Å². The molecular formula is C18H21F3N2O3. The van der Waals surface area contributed by atoms with E-state index in [1.807, 2.05) is 11.8 Å². The summed E-state index contributed by atoms with van der Waals surface area (Å²) in [5.41, 5.74) is -2.32. The fourth-order valence-corrected chi connectivity index (χ4v) is 3.35. The number of benzene rings is 1. The Kier molecular flexibility index (Phi) is 4.42. The fraction of sp³-hybridized carbons (Fsp3) is 0.500. The van der Waals surface area contributed by atoms with Gasteiger partial charge in [-0.3, -0.25) is 4.79 Å². The van der Waals surface area contributed by atoms with E-state index in [1.165, 1.54) is 6.07 Å². The summed E-state index contributed by atoms with van der Waals surface area (Å²) in [5, 5.41) is 10.1. The molecule has 1 aliphatic rings. The van der Waals surface area contributed by atoms with Crippen LogP contribution in [0.25, 0.3) is 10.9 Å². The minimum Gasteiger partial charge on any atom is -0.489 e. The van der Waals surface area contributed by atoms with Crippen molar-refractivity contribution in [1.82, 2.24) is 4.98 Å². The highest BCUT2D eigenvalue weighted by molar-refractivity contribution is 5.94. The van der Waals surface area contributed by atoms with Crippen molar-refractivity contribution in [2.24, 2.45) is 0 Å². The SMILES string of the molecule is CCC1COc2c(ccc3[nH]c(=O)cc(C(F)(F)F)c23)N1CC(C)(C)O. The quantitative estimate of drug-likeness (QED) is 0.870. The molecule has 1 aromatic carbocycles. The van der Waals surface area contributed by atoms with Gasteiger partial charge in [-0.2, -0.15) is 13.2 Å². The van der Waals surface area contributed by atoms with Crippen LogP contribution in [-0.4, -0.2) is 34.9 Å². The molecule has 2 N–H and O–H groups in total. The van der Waals surface area contributed by atoms with Gasteiger partial charge in [-0.15, -0.1) is 0 Å². The summed E-state index contributed by atoms with van der Waals surface area (Å²) in [4.78, 5) is 15.9. The second-order valence-electron chi connectivity index (χ2n) is 7.19. The van der Waals surface area contributed by atoms with E-state index in [0.29, 0.717) is 18.2 Å². The second-order valence-corrected chi connectivity index (χ2v) is 7.19. The van der Waals surface area contributed by atoms with Gasteiger partial charge in [-0.05, 0) is 32.4 Å². The predicted molar refractivity (Wildman–Crippen MR) is 92.8 cm³/mol. The van der Waals surface area contributed by atoms with Crippen LogP contribution in [0.4, 0.5) is 18.9 Å². The molecule has 0 aliphatic carbocycles. The number of aromatic nitrogens is 1. The molecule has 0 saturated carbocycles. The molecular weight excluding hydrogens is 349 g/mol. The lowest BCUT2D eigenvalue weighted by Gasteiger charge is -2.41. The van der Waals surface area contributed by atoms with Crippen molar-refractivity contribution in [2.75, 3.05) is 18.1 Å². The third-order valence-corrected chi connectivity index (χ3v) is 4.44. The van der Waals surface area contributed by atoms with Crippen LogP contribution in [-0.2, 0) is 6.18 Å². The standard InChI is InChI=1S/C18H21F3N2O3/c1-4-10-8-26-16-13(23(10)9-17(2,3)25)6-5-12-15(16)11(18(19,20)21)7-14(24)22-12/h5-7,10,25H,4,8-9H2,1-3H3,(H,22,24). The molecule has 0 spiro atoms. The number of nitrogens with one attached hydrogen (secondary N) is 1. The number of aromatic amines is 1. The van der Waals surface area contributed by atoms with Gasteiger partial charge in [0, 0.05) is 12.6 Å². The monoisotopic (exact) mass is 370 g/mol. The molecule has 8 heteroatoms. The van der Waals surface area contributed by atoms with E-state index in [0.717, 1.165) is 0 Å². The van der Waals surface area contributed by atoms with Crippen LogP contribution in [0.2, 0.25) is 0 Å². The highest BCUT2D eigenvalue weighted by Gasteiger charge is 2.38. The van der Waals surface area contributed by atoms with Gasteiger partial charge in [0.1, 0.15) is 6.61 Å². The Morgan fingerprint density at radius 1 is 1.35 bits per heavy atom. The average Bonchev–Trinajstić information content (AvgIpc) is 2.51. The lowest BCUT2D eigenvalue weighted by Crippen LogP contribution is -2.49. The van der Waals surface area contributed by atoms with Gasteiger partial charge >= 0.3 is 6.18 Å². The van der Waals surface area contributed by atoms with Crippen molar-refractivity contribution in [3.05, 3.63) is 34.1 Å². The van der Waals surface area contributed by atoms with Gasteiger partial charge in [0.25, 0.3) is 0 Å². The highest BCUT2D eigenvalue weighted by atomic mass is 19.4. The van der Waals surface area contributed by atoms with E-state index in [9.17, 15) is 23.1 Å². The van der Waals surface area contributed by atoms with E-state index in [-0.39, 0.29) is 35.8 Å². The van der Waals surface area contributed by atoms with Gasteiger partial charge in [0.15, 0.2) is 5.75 Å². The Bertz CT molecular complexity index is 884. The van der Waals surface area contributed by atoms with Crippen LogP contribution in [0.15, 0.2) is 23.0 Å². The summed E-state index contributed by atoms with van der Waals surface area (Å²) in [5.74, 6) is 0.0834. The van der Waals surface area contributed by atoms with E-state index in [2.05, 4.69) is 4.98 Å². The molecule has 1 aromatic heterocycles. The Hall–Kier alpha value is -2.22. The third-order valence-electron chi connectivity index (χ3n) is 4.44. The number of rotatable bonds is 3. The summed E-state index contributed by atoms with van der Waals surface area (Å²) < 4.78 is 46.3. The van der Waals surface area contributed by atoms with Gasteiger partial charge in [-0.25, -0.2) is 0 Å². The van der Waals surface area contributed by atoms with E-state index < -0.39 is 22.9 Å². The number of alkyl halides is 3. The topological polar surface area (TPSA) is 65.6 Å². The second kappa shape index (κ2) is 6.19. The normalized spacial score (nSPS) is 18.0. The van der Waals surface area contributed by atoms with Crippen molar-refractivity contribution in [3.8, 4) is 5.75 Å². The van der Waals surface area contributed by atoms with Crippen LogP contribution in [0.5, 0.6) is 5.75 Å². The molecule has 2 aromatic rings. The molecule has 1 atom stereocenters. The molecule has 3 rings (SSSR count). The maximum atomic E-state index is 13.5. The molecule has 2 heterocycles. The summed E-state index contributed by atoms with van der Waals surface area (Å²) in [7, 11) is 0. The maximum Gasteiger partial charge on any atom is 0.417 e. The average molecular weight is 370 g/mol. The first-order valence-corrected chi connectivity index (χ1v) is 8.40. The smallest absolute Gasteiger partial charge is 0.417 e. The molecule has 5 nitrogen and oxygen atoms in total. The largest absolute Gasteiger partial charge is 0.489 e. The van der Waals surface area contributed by atoms with E-state index in [4.69, 9.17) is 4.74 Å². The summed E-state index contributed by atoms with van der Waals surface area (Å²) in [6.45, 7) is 5.70. The summed E-state index contributed by atoms with van der Waals surface area (Å²) in [6, 6.07) is 3.56. The Labute approximate surface area is 148 Å². The number of aliphatic hydroxyl groups is 1. The van der Waals surface area contributed by atoms with Crippen molar-refractivity contribution < 1.29 is 23.0 Å². The fourth-order valence-electron chi connectivity index (χ4n) is 3.35. The van der Waals surface area contributed by atoms with Crippen LogP contribution in [0.1, 0.15) is 32.8 Å². The number of anilines is 1. The number of nitrogens with zero attached hydrogens (tertiary/aromatic N) is 1. The first kappa shape index (κ1) is 18.6. The molecule has 1 unspecified atom stereocenters. The van der Waals surface area contributed by atoms with Crippen LogP contribution in [0, 0.1) is 0 Å². The number of H-pyrrole nitrogens is 1. The minimum atomic E-state index is -4.69. The summed E-state index contributed by atoms with van der Waals surface area (Å²) in [6.07, 6.45) is -3.97. The minimum absolute atomic E-state index is 0.0662. The zero-order chi connectivity index (χ0) is 19.3. The molecule has 0 saturated heterocycles. The van der Waals surface area contributed by atoms with Crippen LogP contribution in [0.3, 0.4) is 0 Å². The third kappa shape index (κ3) is 3.38. The van der Waals surface area contributed by atoms with Gasteiger partial charge < -0.3 is 19.7 Å². The molecule has 0 amide bonds. The first-order valence-electron chi connectivity index (χ1n) is 8.40. The first-order chi connectivity index (χ1) is 12.0. The van der Waals surface area contributed by atoms with Crippen molar-refractivity contribution >= 4 is 16.6 Å². The maximum absolute atomic E-state index is 13.5. The van der Waals surface area contributed by atoms with Gasteiger partial charge in [0.2, 0.25) is 5.56 Å². The van der Waals surface area contributed by atoms with E-state index >= 15 is 0 Å². The number of hydrogen-bond acceptors (Lipinski definition) is 4. The molecule has 26 heavy (non-hydrogen) atoms. The molecule has 0 bridgehead atoms. The highest BCUT2D eigenvalue weighted by Crippen LogP contribution is 2.45. The lowest BCUT2D eigenvalue weighted by molar-refractivity contribution is -0.136. The van der Waals surface area contributed by atoms with Gasteiger partial charge in [-0.1, -0.05) is 6.92 Å². The zero-order valence-electron chi connectivity index (χ0n) is 14.8. The molecule has 1 aliphatic heterocycles. The Morgan fingerprint density at radius 2 is 2.04 bits per heavy atom. The van der Waals surface area contributed by atoms with Crippen LogP contribution < -0.4 is 15.2 Å². The number of hydrogen-bond donors (Lipinski definition) is 2. The lowest BCUT2D eigenvalue weighted by atomic mass is 10.0. The number of halogens is 3. The van der Waals surface area contributed by atoms with Crippen LogP contribution >= 0.6 is 0 Å². The predicted octanol–water partition coefficient (Wildman–Crippen LogP) is 3.30. The van der Waals surface area contributed by atoms with E-state index in [1.54, 1.807) is 19.9 Å². The number of pyridine rings is 1. The number of fused-ring (bicyclic) bond motifs is 3. The molecule has 0 fully saturated rings. The number of ether oxygens (including phenoxy) is 1. The number of β-amino-alcohol motifs (C(OH)–C–C–N with tert-alkyl or cyclic N) is 1. The summed E-state index contributed by atoms with van der Waals surface area (Å²) >= 11 is 0. The van der Waals surface area contributed by atoms with Gasteiger partial charge in [0.05, 0.1) is 33.8 Å². The Balaban J connectivity index is 2.28. The zero-order valence-corrected chi connectivity index (χ0v) is 14.8. The molecule has 0 radical (unpaired) electrons.